The fraction of sp³-hybridized carbons (Fsp3) is 0.125. The van der Waals surface area contributed by atoms with Crippen molar-refractivity contribution in [3.05, 3.63) is 29.8 Å². The predicted octanol–water partition coefficient (Wildman–Crippen LogP) is 2.26. The van der Waals surface area contributed by atoms with E-state index in [9.17, 15) is 13.2 Å². The van der Waals surface area contributed by atoms with Crippen LogP contribution in [-0.4, -0.2) is 6.36 Å². The zero-order chi connectivity index (χ0) is 9.90. The molecule has 0 aliphatic heterocycles. The molecule has 2 nitrogen and oxygen atoms in total. The number of benzene rings is 1. The summed E-state index contributed by atoms with van der Waals surface area (Å²) in [5.74, 6) is -0.530. The number of nitriles is 1. The van der Waals surface area contributed by atoms with E-state index in [0.717, 1.165) is 6.07 Å². The molecule has 0 saturated heterocycles. The second-order valence-corrected chi connectivity index (χ2v) is 2.07. The Kier molecular flexibility index (Phi) is 2.42. The molecule has 0 fully saturated rings. The van der Waals surface area contributed by atoms with E-state index in [2.05, 4.69) is 10.8 Å². The van der Waals surface area contributed by atoms with Crippen LogP contribution in [0.3, 0.4) is 0 Å². The van der Waals surface area contributed by atoms with Crippen molar-refractivity contribution in [1.29, 1.82) is 5.26 Å². The highest BCUT2D eigenvalue weighted by atomic mass is 19.4. The number of ether oxygens (including phenoxy) is 1. The molecule has 0 aliphatic rings. The van der Waals surface area contributed by atoms with E-state index in [-0.39, 0.29) is 5.56 Å². The molecule has 1 aromatic rings. The average Bonchev–Trinajstić information content (AvgIpc) is 2.02. The van der Waals surface area contributed by atoms with E-state index in [1.807, 2.05) is 0 Å². The normalized spacial score (nSPS) is 10.6. The maximum atomic E-state index is 11.7. The first kappa shape index (κ1) is 9.39. The van der Waals surface area contributed by atoms with Crippen LogP contribution in [0.25, 0.3) is 0 Å². The maximum Gasteiger partial charge on any atom is 0.573 e. The Bertz CT molecular complexity index is 340. The van der Waals surface area contributed by atoms with Gasteiger partial charge in [0.25, 0.3) is 0 Å². The first-order chi connectivity index (χ1) is 6.03. The van der Waals surface area contributed by atoms with Crippen LogP contribution in [-0.2, 0) is 0 Å². The summed E-state index contributed by atoms with van der Waals surface area (Å²) in [7, 11) is 0. The van der Waals surface area contributed by atoms with Crippen molar-refractivity contribution < 1.29 is 17.9 Å². The Balaban J connectivity index is 2.96. The number of halogens is 3. The van der Waals surface area contributed by atoms with Gasteiger partial charge in [-0.2, -0.15) is 5.26 Å². The lowest BCUT2D eigenvalue weighted by atomic mass is 10.2. The monoisotopic (exact) mass is 186 g/mol. The average molecular weight is 186 g/mol. The van der Waals surface area contributed by atoms with Crippen LogP contribution in [0, 0.1) is 17.4 Å². The molecular weight excluding hydrogens is 183 g/mol. The third kappa shape index (κ3) is 2.67. The quantitative estimate of drug-likeness (QED) is 0.673. The van der Waals surface area contributed by atoms with Crippen LogP contribution in [0.1, 0.15) is 5.56 Å². The zero-order valence-corrected chi connectivity index (χ0v) is 6.22. The Morgan fingerprint density at radius 2 is 2.15 bits per heavy atom. The SMILES string of the molecule is N#Cc1[c]cccc1OC(F)(F)F. The maximum absolute atomic E-state index is 11.7. The van der Waals surface area contributed by atoms with Gasteiger partial charge < -0.3 is 4.74 Å². The predicted molar refractivity (Wildman–Crippen MR) is 36.7 cm³/mol. The Labute approximate surface area is 72.2 Å². The van der Waals surface area contributed by atoms with Crippen LogP contribution in [0.4, 0.5) is 13.2 Å². The van der Waals surface area contributed by atoms with E-state index in [0.29, 0.717) is 0 Å². The fourth-order valence-corrected chi connectivity index (χ4v) is 0.719. The number of alkyl halides is 3. The first-order valence-corrected chi connectivity index (χ1v) is 3.19. The van der Waals surface area contributed by atoms with Crippen LogP contribution in [0.5, 0.6) is 5.75 Å². The van der Waals surface area contributed by atoms with Crippen molar-refractivity contribution >= 4 is 0 Å². The summed E-state index contributed by atoms with van der Waals surface area (Å²) in [5, 5.41) is 8.39. The summed E-state index contributed by atoms with van der Waals surface area (Å²) in [6.45, 7) is 0. The van der Waals surface area contributed by atoms with Crippen molar-refractivity contribution in [3.8, 4) is 11.8 Å². The third-order valence-corrected chi connectivity index (χ3v) is 1.16. The molecule has 1 aromatic carbocycles. The summed E-state index contributed by atoms with van der Waals surface area (Å²) in [6.07, 6.45) is -4.78. The molecule has 0 aliphatic carbocycles. The van der Waals surface area contributed by atoms with E-state index in [4.69, 9.17) is 5.26 Å². The number of nitrogens with zero attached hydrogens (tertiary/aromatic N) is 1. The van der Waals surface area contributed by atoms with Gasteiger partial charge >= 0.3 is 6.36 Å². The van der Waals surface area contributed by atoms with Gasteiger partial charge in [-0.1, -0.05) is 12.1 Å². The smallest absolute Gasteiger partial charge is 0.404 e. The molecule has 0 saturated carbocycles. The van der Waals surface area contributed by atoms with Crippen molar-refractivity contribution in [2.75, 3.05) is 0 Å². The number of hydrogen-bond donors (Lipinski definition) is 0. The van der Waals surface area contributed by atoms with E-state index in [1.54, 1.807) is 0 Å². The van der Waals surface area contributed by atoms with Gasteiger partial charge in [-0.05, 0) is 6.07 Å². The highest BCUT2D eigenvalue weighted by Gasteiger charge is 2.31. The van der Waals surface area contributed by atoms with Gasteiger partial charge in [-0.3, -0.25) is 0 Å². The zero-order valence-electron chi connectivity index (χ0n) is 6.22. The molecule has 0 bridgehead atoms. The van der Waals surface area contributed by atoms with Gasteiger partial charge in [0.1, 0.15) is 17.4 Å². The van der Waals surface area contributed by atoms with Crippen molar-refractivity contribution in [3.63, 3.8) is 0 Å². The highest BCUT2D eigenvalue weighted by molar-refractivity contribution is 5.41. The molecule has 0 amide bonds. The molecule has 0 aromatic heterocycles. The molecule has 0 spiro atoms. The largest absolute Gasteiger partial charge is 0.573 e. The second kappa shape index (κ2) is 3.35. The lowest BCUT2D eigenvalue weighted by molar-refractivity contribution is -0.274. The molecule has 0 atom stereocenters. The van der Waals surface area contributed by atoms with E-state index in [1.165, 1.54) is 18.2 Å². The molecule has 13 heavy (non-hydrogen) atoms. The van der Waals surface area contributed by atoms with Gasteiger partial charge in [0.05, 0.1) is 0 Å². The Morgan fingerprint density at radius 3 is 2.69 bits per heavy atom. The molecule has 67 valence electrons. The van der Waals surface area contributed by atoms with E-state index >= 15 is 0 Å². The molecule has 0 N–H and O–H groups in total. The van der Waals surface area contributed by atoms with Crippen molar-refractivity contribution in [1.82, 2.24) is 0 Å². The fourth-order valence-electron chi connectivity index (χ4n) is 0.719. The minimum atomic E-state index is -4.78. The standard InChI is InChI=1S/C8H3F3NO/c9-8(10,11)13-7-4-2-1-3-6(7)5-12/h1-2,4H. The molecule has 0 unspecified atom stereocenters. The summed E-state index contributed by atoms with van der Waals surface area (Å²) in [5.41, 5.74) is -0.264. The Morgan fingerprint density at radius 1 is 1.46 bits per heavy atom. The first-order valence-electron chi connectivity index (χ1n) is 3.19. The molecular formula is C8H3F3NO. The van der Waals surface area contributed by atoms with Gasteiger partial charge in [0.15, 0.2) is 0 Å². The van der Waals surface area contributed by atoms with Gasteiger partial charge in [0.2, 0.25) is 0 Å². The summed E-state index contributed by atoms with van der Waals surface area (Å²) >= 11 is 0. The van der Waals surface area contributed by atoms with E-state index < -0.39 is 12.1 Å². The Hall–Kier alpha value is -1.70. The summed E-state index contributed by atoms with van der Waals surface area (Å²) < 4.78 is 38.7. The lowest BCUT2D eigenvalue weighted by Crippen LogP contribution is -2.17. The van der Waals surface area contributed by atoms with Crippen LogP contribution in [0.15, 0.2) is 18.2 Å². The third-order valence-electron chi connectivity index (χ3n) is 1.16. The molecule has 1 radical (unpaired) electrons. The lowest BCUT2D eigenvalue weighted by Gasteiger charge is -2.08. The topological polar surface area (TPSA) is 33.0 Å². The number of hydrogen-bond acceptors (Lipinski definition) is 2. The minimum absolute atomic E-state index is 0.264. The van der Waals surface area contributed by atoms with Crippen molar-refractivity contribution in [2.24, 2.45) is 0 Å². The number of rotatable bonds is 1. The van der Waals surface area contributed by atoms with Crippen LogP contribution in [0.2, 0.25) is 0 Å². The summed E-state index contributed by atoms with van der Waals surface area (Å²) in [6, 6.07) is 7.56. The second-order valence-electron chi connectivity index (χ2n) is 2.07. The van der Waals surface area contributed by atoms with Gasteiger partial charge in [-0.25, -0.2) is 0 Å². The highest BCUT2D eigenvalue weighted by Crippen LogP contribution is 2.24. The molecule has 0 heterocycles. The molecule has 1 rings (SSSR count). The van der Waals surface area contributed by atoms with Gasteiger partial charge in [-0.15, -0.1) is 13.2 Å². The van der Waals surface area contributed by atoms with Crippen LogP contribution >= 0.6 is 0 Å². The van der Waals surface area contributed by atoms with Gasteiger partial charge in [0, 0.05) is 6.07 Å². The van der Waals surface area contributed by atoms with Crippen LogP contribution < -0.4 is 4.74 Å². The summed E-state index contributed by atoms with van der Waals surface area (Å²) in [4.78, 5) is 0. The van der Waals surface area contributed by atoms with Crippen molar-refractivity contribution in [2.45, 2.75) is 6.36 Å². The molecule has 5 heteroatoms. The minimum Gasteiger partial charge on any atom is -0.404 e.